The molecule has 0 saturated carbocycles. The number of amides is 2. The minimum absolute atomic E-state index is 0.0194. The molecule has 8 heteroatoms. The number of urea groups is 1. The van der Waals surface area contributed by atoms with Crippen molar-refractivity contribution >= 4 is 17.6 Å². The highest BCUT2D eigenvalue weighted by Gasteiger charge is 2.22. The summed E-state index contributed by atoms with van der Waals surface area (Å²) in [4.78, 5) is 20.9. The van der Waals surface area contributed by atoms with Crippen molar-refractivity contribution in [3.63, 3.8) is 0 Å². The molecular weight excluding hydrogens is 400 g/mol. The number of aromatic nitrogens is 3. The van der Waals surface area contributed by atoms with Crippen LogP contribution in [0.2, 0.25) is 5.02 Å². The van der Waals surface area contributed by atoms with E-state index in [0.717, 1.165) is 49.0 Å². The van der Waals surface area contributed by atoms with Crippen LogP contribution in [0.4, 0.5) is 4.79 Å². The third-order valence-corrected chi connectivity index (χ3v) is 5.65. The number of carbonyl (C=O) groups excluding carboxylic acids is 1. The highest BCUT2D eigenvalue weighted by Crippen LogP contribution is 2.17. The summed E-state index contributed by atoms with van der Waals surface area (Å²) < 4.78 is 1.70. The van der Waals surface area contributed by atoms with Gasteiger partial charge in [-0.15, -0.1) is 0 Å². The fourth-order valence-electron chi connectivity index (χ4n) is 3.57. The molecule has 1 atom stereocenters. The average Bonchev–Trinajstić information content (AvgIpc) is 3.31. The fourth-order valence-corrected chi connectivity index (χ4v) is 3.70. The smallest absolute Gasteiger partial charge is 0.317 e. The minimum atomic E-state index is -0.0746. The largest absolute Gasteiger partial charge is 0.331 e. The van der Waals surface area contributed by atoms with Crippen LogP contribution in [0.5, 0.6) is 0 Å². The van der Waals surface area contributed by atoms with Crippen molar-refractivity contribution in [3.05, 3.63) is 77.3 Å². The molecule has 0 bridgehead atoms. The maximum Gasteiger partial charge on any atom is 0.317 e. The number of nitrogens with one attached hydrogen (secondary N) is 1. The zero-order valence-electron chi connectivity index (χ0n) is 16.9. The summed E-state index contributed by atoms with van der Waals surface area (Å²) in [5.74, 6) is 0. The van der Waals surface area contributed by atoms with Crippen molar-refractivity contribution in [2.45, 2.75) is 19.5 Å². The Labute approximate surface area is 181 Å². The summed E-state index contributed by atoms with van der Waals surface area (Å²) >= 11 is 5.95. The van der Waals surface area contributed by atoms with Crippen molar-refractivity contribution in [2.75, 3.05) is 26.2 Å². The zero-order valence-corrected chi connectivity index (χ0v) is 17.7. The number of piperazine rings is 1. The second kappa shape index (κ2) is 9.28. The molecular formula is C22H25ClN6O. The van der Waals surface area contributed by atoms with Gasteiger partial charge in [0.05, 0.1) is 11.7 Å². The first-order valence-electron chi connectivity index (χ1n) is 10.1. The van der Waals surface area contributed by atoms with Gasteiger partial charge in [-0.05, 0) is 42.3 Å². The molecule has 1 aliphatic heterocycles. The first-order chi connectivity index (χ1) is 14.6. The first-order valence-corrected chi connectivity index (χ1v) is 10.4. The van der Waals surface area contributed by atoms with Gasteiger partial charge in [-0.1, -0.05) is 35.9 Å². The van der Waals surface area contributed by atoms with Crippen molar-refractivity contribution in [1.82, 2.24) is 29.9 Å². The summed E-state index contributed by atoms with van der Waals surface area (Å²) in [7, 11) is 0. The Hall–Kier alpha value is -2.90. The molecule has 3 aromatic rings. The van der Waals surface area contributed by atoms with E-state index < -0.39 is 0 Å². The first kappa shape index (κ1) is 20.4. The van der Waals surface area contributed by atoms with E-state index in [9.17, 15) is 4.79 Å². The van der Waals surface area contributed by atoms with Gasteiger partial charge in [0.2, 0.25) is 0 Å². The monoisotopic (exact) mass is 424 g/mol. The molecule has 2 heterocycles. The minimum Gasteiger partial charge on any atom is -0.331 e. The molecule has 2 amide bonds. The van der Waals surface area contributed by atoms with E-state index in [4.69, 9.17) is 11.6 Å². The van der Waals surface area contributed by atoms with Crippen molar-refractivity contribution in [2.24, 2.45) is 0 Å². The van der Waals surface area contributed by atoms with Crippen LogP contribution in [-0.2, 0) is 6.54 Å². The lowest BCUT2D eigenvalue weighted by Crippen LogP contribution is -2.51. The zero-order chi connectivity index (χ0) is 20.9. The van der Waals surface area contributed by atoms with Crippen molar-refractivity contribution < 1.29 is 4.79 Å². The lowest BCUT2D eigenvalue weighted by molar-refractivity contribution is 0.133. The van der Waals surface area contributed by atoms with E-state index in [0.29, 0.717) is 0 Å². The summed E-state index contributed by atoms with van der Waals surface area (Å²) in [6.07, 6.45) is 3.17. The summed E-state index contributed by atoms with van der Waals surface area (Å²) in [5, 5.41) is 7.99. The number of hydrogen-bond donors (Lipinski definition) is 1. The number of benzene rings is 2. The van der Waals surface area contributed by atoms with Crippen LogP contribution in [0, 0.1) is 0 Å². The van der Waals surface area contributed by atoms with Crippen LogP contribution in [-0.4, -0.2) is 56.8 Å². The van der Waals surface area contributed by atoms with Gasteiger partial charge >= 0.3 is 6.03 Å². The topological polar surface area (TPSA) is 66.3 Å². The quantitative estimate of drug-likeness (QED) is 0.680. The predicted octanol–water partition coefficient (Wildman–Crippen LogP) is 3.51. The Morgan fingerprint density at radius 1 is 1.07 bits per heavy atom. The molecule has 7 nitrogen and oxygen atoms in total. The van der Waals surface area contributed by atoms with E-state index in [1.54, 1.807) is 11.0 Å². The normalized spacial score (nSPS) is 15.7. The molecule has 2 aromatic carbocycles. The predicted molar refractivity (Wildman–Crippen MR) is 117 cm³/mol. The van der Waals surface area contributed by atoms with Gasteiger partial charge in [-0.2, -0.15) is 5.10 Å². The van der Waals surface area contributed by atoms with Crippen LogP contribution in [0.25, 0.3) is 5.69 Å². The molecule has 30 heavy (non-hydrogen) atoms. The Balaban J connectivity index is 1.26. The highest BCUT2D eigenvalue weighted by atomic mass is 35.5. The van der Waals surface area contributed by atoms with Crippen molar-refractivity contribution in [1.29, 1.82) is 0 Å². The summed E-state index contributed by atoms with van der Waals surface area (Å²) in [6, 6.07) is 15.8. The van der Waals surface area contributed by atoms with Gasteiger partial charge < -0.3 is 10.2 Å². The van der Waals surface area contributed by atoms with E-state index in [2.05, 4.69) is 32.4 Å². The molecule has 0 spiro atoms. The van der Waals surface area contributed by atoms with E-state index >= 15 is 0 Å². The van der Waals surface area contributed by atoms with Gasteiger partial charge in [0.25, 0.3) is 0 Å². The van der Waals surface area contributed by atoms with E-state index in [1.807, 2.05) is 48.2 Å². The van der Waals surface area contributed by atoms with Crippen molar-refractivity contribution in [3.8, 4) is 5.69 Å². The maximum absolute atomic E-state index is 12.7. The fraction of sp³-hybridized carbons (Fsp3) is 0.318. The third kappa shape index (κ3) is 4.98. The lowest BCUT2D eigenvalue weighted by atomic mass is 10.1. The molecule has 1 aliphatic rings. The van der Waals surface area contributed by atoms with E-state index in [1.165, 1.54) is 11.9 Å². The number of carbonyl (C=O) groups is 1. The number of halogens is 1. The Morgan fingerprint density at radius 2 is 1.77 bits per heavy atom. The molecule has 0 aliphatic carbocycles. The molecule has 1 fully saturated rings. The molecule has 1 N–H and O–H groups in total. The standard InChI is InChI=1S/C22H25ClN6O/c1-17(19-4-8-21(9-5-19)29-16-24-15-25-29)26-22(30)28-12-10-27(11-13-28)14-18-2-6-20(23)7-3-18/h2-9,15-17H,10-14H2,1H3,(H,26,30). The van der Waals surface area contributed by atoms with Gasteiger partial charge in [0, 0.05) is 37.7 Å². The Bertz CT molecular complexity index is 950. The third-order valence-electron chi connectivity index (χ3n) is 5.40. The number of hydrogen-bond acceptors (Lipinski definition) is 4. The van der Waals surface area contributed by atoms with Gasteiger partial charge in [0.1, 0.15) is 12.7 Å². The SMILES string of the molecule is CC(NC(=O)N1CCN(Cc2ccc(Cl)cc2)CC1)c1ccc(-n2cncn2)cc1. The van der Waals surface area contributed by atoms with Crippen LogP contribution in [0.15, 0.2) is 61.2 Å². The lowest BCUT2D eigenvalue weighted by Gasteiger charge is -2.35. The number of nitrogens with zero attached hydrogens (tertiary/aromatic N) is 5. The Morgan fingerprint density at radius 3 is 2.40 bits per heavy atom. The molecule has 1 saturated heterocycles. The maximum atomic E-state index is 12.7. The van der Waals surface area contributed by atoms with Gasteiger partial charge in [0.15, 0.2) is 0 Å². The molecule has 1 aromatic heterocycles. The molecule has 0 radical (unpaired) electrons. The average molecular weight is 425 g/mol. The molecule has 1 unspecified atom stereocenters. The summed E-state index contributed by atoms with van der Waals surface area (Å²) in [5.41, 5.74) is 3.22. The second-order valence-electron chi connectivity index (χ2n) is 7.49. The molecule has 156 valence electrons. The van der Waals surface area contributed by atoms with Crippen LogP contribution in [0.1, 0.15) is 24.1 Å². The Kier molecular flexibility index (Phi) is 6.30. The van der Waals surface area contributed by atoms with Crippen LogP contribution >= 0.6 is 11.6 Å². The number of rotatable bonds is 5. The summed E-state index contributed by atoms with van der Waals surface area (Å²) in [6.45, 7) is 6.03. The second-order valence-corrected chi connectivity index (χ2v) is 7.93. The van der Waals surface area contributed by atoms with Crippen LogP contribution in [0.3, 0.4) is 0 Å². The van der Waals surface area contributed by atoms with E-state index in [-0.39, 0.29) is 12.1 Å². The van der Waals surface area contributed by atoms with Gasteiger partial charge in [-0.25, -0.2) is 14.5 Å². The van der Waals surface area contributed by atoms with Crippen LogP contribution < -0.4 is 5.32 Å². The van der Waals surface area contributed by atoms with Gasteiger partial charge in [-0.3, -0.25) is 4.90 Å². The highest BCUT2D eigenvalue weighted by molar-refractivity contribution is 6.30. The molecule has 4 rings (SSSR count).